The van der Waals surface area contributed by atoms with E-state index in [4.69, 9.17) is 10.5 Å². The van der Waals surface area contributed by atoms with Crippen LogP contribution in [0.5, 0.6) is 5.75 Å². The van der Waals surface area contributed by atoms with Crippen LogP contribution >= 0.6 is 0 Å². The number of hydrogen-bond donors (Lipinski definition) is 1. The third kappa shape index (κ3) is 3.74. The summed E-state index contributed by atoms with van der Waals surface area (Å²) in [7, 11) is 1.73. The predicted molar refractivity (Wildman–Crippen MR) is 73.3 cm³/mol. The summed E-state index contributed by atoms with van der Waals surface area (Å²) in [5, 5.41) is 0. The molecule has 0 fully saturated rings. The molecule has 2 nitrogen and oxygen atoms in total. The van der Waals surface area contributed by atoms with E-state index in [1.54, 1.807) is 7.11 Å². The molecule has 0 bridgehead atoms. The Labute approximate surface area is 105 Å². The number of hydrogen-bond acceptors (Lipinski definition) is 2. The van der Waals surface area contributed by atoms with Crippen LogP contribution < -0.4 is 10.5 Å². The summed E-state index contributed by atoms with van der Waals surface area (Å²) in [6.45, 7) is 5.25. The zero-order valence-corrected chi connectivity index (χ0v) is 11.3. The van der Waals surface area contributed by atoms with Gasteiger partial charge in [-0.3, -0.25) is 0 Å². The van der Waals surface area contributed by atoms with Crippen LogP contribution in [0.4, 0.5) is 0 Å². The minimum atomic E-state index is 0.557. The van der Waals surface area contributed by atoms with Gasteiger partial charge in [-0.05, 0) is 36.4 Å². The van der Waals surface area contributed by atoms with Crippen LogP contribution in [0, 0.1) is 11.8 Å². The van der Waals surface area contributed by atoms with Crippen LogP contribution in [0.3, 0.4) is 0 Å². The fraction of sp³-hybridized carbons (Fsp3) is 0.600. The number of nitrogens with two attached hydrogens (primary N) is 1. The van der Waals surface area contributed by atoms with Gasteiger partial charge in [0.05, 0.1) is 7.11 Å². The lowest BCUT2D eigenvalue weighted by Crippen LogP contribution is -2.25. The molecular formula is C15H25NO. The van der Waals surface area contributed by atoms with Gasteiger partial charge in [0, 0.05) is 0 Å². The quantitative estimate of drug-likeness (QED) is 0.787. The van der Waals surface area contributed by atoms with Crippen LogP contribution in [-0.4, -0.2) is 13.7 Å². The summed E-state index contributed by atoms with van der Waals surface area (Å²) >= 11 is 0. The molecule has 0 spiro atoms. The maximum atomic E-state index is 5.92. The van der Waals surface area contributed by atoms with E-state index in [1.807, 2.05) is 12.1 Å². The zero-order chi connectivity index (χ0) is 12.7. The van der Waals surface area contributed by atoms with Crippen molar-refractivity contribution in [2.75, 3.05) is 13.7 Å². The van der Waals surface area contributed by atoms with Crippen molar-refractivity contribution in [3.63, 3.8) is 0 Å². The van der Waals surface area contributed by atoms with Crippen molar-refractivity contribution in [2.24, 2.45) is 17.6 Å². The molecule has 2 heteroatoms. The molecule has 0 amide bonds. The van der Waals surface area contributed by atoms with Gasteiger partial charge in [-0.1, -0.05) is 44.9 Å². The summed E-state index contributed by atoms with van der Waals surface area (Å²) in [5.41, 5.74) is 7.20. The summed E-state index contributed by atoms with van der Waals surface area (Å²) < 4.78 is 5.40. The van der Waals surface area contributed by atoms with Crippen LogP contribution in [0.15, 0.2) is 24.3 Å². The van der Waals surface area contributed by atoms with Crippen molar-refractivity contribution in [3.05, 3.63) is 29.8 Å². The Kier molecular flexibility index (Phi) is 6.06. The lowest BCUT2D eigenvalue weighted by Gasteiger charge is -2.24. The Bertz CT molecular complexity index is 320. The zero-order valence-electron chi connectivity index (χ0n) is 11.3. The topological polar surface area (TPSA) is 35.2 Å². The normalized spacial score (nSPS) is 12.8. The number of rotatable bonds is 7. The highest BCUT2D eigenvalue weighted by atomic mass is 16.5. The second-order valence-corrected chi connectivity index (χ2v) is 4.59. The van der Waals surface area contributed by atoms with E-state index in [9.17, 15) is 0 Å². The Morgan fingerprint density at radius 2 is 1.76 bits per heavy atom. The van der Waals surface area contributed by atoms with Gasteiger partial charge in [0.1, 0.15) is 5.75 Å². The SMILES string of the molecule is CCC(CC)C(CN)Cc1ccccc1OC. The molecule has 0 aliphatic carbocycles. The van der Waals surface area contributed by atoms with E-state index >= 15 is 0 Å². The van der Waals surface area contributed by atoms with Gasteiger partial charge in [0.2, 0.25) is 0 Å². The van der Waals surface area contributed by atoms with Crippen LogP contribution in [0.1, 0.15) is 32.3 Å². The Hall–Kier alpha value is -1.02. The summed E-state index contributed by atoms with van der Waals surface area (Å²) in [6.07, 6.45) is 3.42. The monoisotopic (exact) mass is 235 g/mol. The highest BCUT2D eigenvalue weighted by Crippen LogP contribution is 2.27. The maximum absolute atomic E-state index is 5.92. The van der Waals surface area contributed by atoms with Crippen LogP contribution in [0.2, 0.25) is 0 Å². The highest BCUT2D eigenvalue weighted by molar-refractivity contribution is 5.33. The molecule has 0 aliphatic rings. The van der Waals surface area contributed by atoms with Gasteiger partial charge in [-0.25, -0.2) is 0 Å². The molecule has 0 aromatic heterocycles. The van der Waals surface area contributed by atoms with Crippen molar-refractivity contribution in [3.8, 4) is 5.75 Å². The van der Waals surface area contributed by atoms with Crippen molar-refractivity contribution in [2.45, 2.75) is 33.1 Å². The molecule has 0 heterocycles. The number of benzene rings is 1. The Balaban J connectivity index is 2.79. The first-order valence-corrected chi connectivity index (χ1v) is 6.58. The lowest BCUT2D eigenvalue weighted by molar-refractivity contribution is 0.313. The molecule has 2 N–H and O–H groups in total. The molecule has 17 heavy (non-hydrogen) atoms. The average molecular weight is 235 g/mol. The first-order chi connectivity index (χ1) is 8.26. The molecule has 96 valence electrons. The van der Waals surface area contributed by atoms with Crippen LogP contribution in [0.25, 0.3) is 0 Å². The van der Waals surface area contributed by atoms with E-state index < -0.39 is 0 Å². The summed E-state index contributed by atoms with van der Waals surface area (Å²) in [6, 6.07) is 8.24. The van der Waals surface area contributed by atoms with E-state index in [-0.39, 0.29) is 0 Å². The fourth-order valence-corrected chi connectivity index (χ4v) is 2.55. The van der Waals surface area contributed by atoms with Gasteiger partial charge in [0.25, 0.3) is 0 Å². The minimum absolute atomic E-state index is 0.557. The van der Waals surface area contributed by atoms with Gasteiger partial charge in [-0.2, -0.15) is 0 Å². The van der Waals surface area contributed by atoms with Gasteiger partial charge >= 0.3 is 0 Å². The third-order valence-electron chi connectivity index (χ3n) is 3.69. The van der Waals surface area contributed by atoms with E-state index in [1.165, 1.54) is 18.4 Å². The van der Waals surface area contributed by atoms with E-state index in [2.05, 4.69) is 26.0 Å². The molecule has 0 radical (unpaired) electrons. The second kappa shape index (κ2) is 7.33. The first-order valence-electron chi connectivity index (χ1n) is 6.58. The van der Waals surface area contributed by atoms with Crippen molar-refractivity contribution < 1.29 is 4.74 Å². The number of methoxy groups -OCH3 is 1. The van der Waals surface area contributed by atoms with Crippen molar-refractivity contribution >= 4 is 0 Å². The molecule has 0 aliphatic heterocycles. The molecular weight excluding hydrogens is 210 g/mol. The first kappa shape index (κ1) is 14.0. The molecule has 1 aromatic rings. The molecule has 1 aromatic carbocycles. The maximum Gasteiger partial charge on any atom is 0.122 e. The molecule has 1 unspecified atom stereocenters. The molecule has 1 atom stereocenters. The minimum Gasteiger partial charge on any atom is -0.496 e. The van der Waals surface area contributed by atoms with Gasteiger partial charge in [-0.15, -0.1) is 0 Å². The van der Waals surface area contributed by atoms with Crippen molar-refractivity contribution in [1.29, 1.82) is 0 Å². The summed E-state index contributed by atoms with van der Waals surface area (Å²) in [4.78, 5) is 0. The van der Waals surface area contributed by atoms with Crippen molar-refractivity contribution in [1.82, 2.24) is 0 Å². The van der Waals surface area contributed by atoms with E-state index in [0.717, 1.165) is 18.7 Å². The molecule has 0 saturated heterocycles. The second-order valence-electron chi connectivity index (χ2n) is 4.59. The predicted octanol–water partition coefficient (Wildman–Crippen LogP) is 3.25. The highest BCUT2D eigenvalue weighted by Gasteiger charge is 2.18. The standard InChI is InChI=1S/C15H25NO/c1-4-12(5-2)14(11-16)10-13-8-6-7-9-15(13)17-3/h6-9,12,14H,4-5,10-11,16H2,1-3H3. The fourth-order valence-electron chi connectivity index (χ4n) is 2.55. The third-order valence-corrected chi connectivity index (χ3v) is 3.69. The Morgan fingerprint density at radius 1 is 1.12 bits per heavy atom. The Morgan fingerprint density at radius 3 is 2.29 bits per heavy atom. The lowest BCUT2D eigenvalue weighted by atomic mass is 9.83. The largest absolute Gasteiger partial charge is 0.496 e. The van der Waals surface area contributed by atoms with Gasteiger partial charge < -0.3 is 10.5 Å². The molecule has 0 saturated carbocycles. The average Bonchev–Trinajstić information content (AvgIpc) is 2.39. The smallest absolute Gasteiger partial charge is 0.122 e. The number of ether oxygens (including phenoxy) is 1. The number of para-hydroxylation sites is 1. The van der Waals surface area contributed by atoms with E-state index in [0.29, 0.717) is 11.8 Å². The summed E-state index contributed by atoms with van der Waals surface area (Å²) in [5.74, 6) is 2.25. The van der Waals surface area contributed by atoms with Gasteiger partial charge in [0.15, 0.2) is 0 Å². The van der Waals surface area contributed by atoms with Crippen LogP contribution in [-0.2, 0) is 6.42 Å². The molecule has 1 rings (SSSR count).